The number of benzene rings is 1. The van der Waals surface area contributed by atoms with Crippen LogP contribution in [-0.4, -0.2) is 12.6 Å². The molecule has 0 saturated heterocycles. The van der Waals surface area contributed by atoms with E-state index in [4.69, 9.17) is 5.73 Å². The summed E-state index contributed by atoms with van der Waals surface area (Å²) in [4.78, 5) is 2.07. The minimum atomic E-state index is -0.241. The monoisotopic (exact) mass is 224 g/mol. The number of halogens is 1. The maximum Gasteiger partial charge on any atom is 0.148 e. The van der Waals surface area contributed by atoms with Gasteiger partial charge in [0.1, 0.15) is 5.82 Å². The second-order valence-electron chi connectivity index (χ2n) is 4.85. The van der Waals surface area contributed by atoms with Gasteiger partial charge in [-0.25, -0.2) is 4.39 Å². The van der Waals surface area contributed by atoms with Crippen molar-refractivity contribution in [1.29, 1.82) is 0 Å². The van der Waals surface area contributed by atoms with Crippen LogP contribution in [0.2, 0.25) is 0 Å². The summed E-state index contributed by atoms with van der Waals surface area (Å²) in [6.07, 6.45) is 0. The molecule has 0 bridgehead atoms. The third-order valence-corrected chi connectivity index (χ3v) is 2.47. The van der Waals surface area contributed by atoms with Crippen molar-refractivity contribution in [1.82, 2.24) is 0 Å². The third kappa shape index (κ3) is 3.12. The molecule has 0 fully saturated rings. The molecule has 0 aliphatic carbocycles. The van der Waals surface area contributed by atoms with Crippen LogP contribution in [0.5, 0.6) is 0 Å². The number of nitrogen functional groups attached to an aromatic ring is 1. The molecule has 0 radical (unpaired) electrons. The molecule has 2 nitrogen and oxygen atoms in total. The van der Waals surface area contributed by atoms with Crippen LogP contribution in [0.4, 0.5) is 15.8 Å². The van der Waals surface area contributed by atoms with Crippen molar-refractivity contribution < 1.29 is 4.39 Å². The van der Waals surface area contributed by atoms with E-state index in [2.05, 4.69) is 32.6 Å². The lowest BCUT2D eigenvalue weighted by molar-refractivity contribution is 0.550. The Bertz CT molecular complexity index is 348. The largest absolute Gasteiger partial charge is 0.399 e. The van der Waals surface area contributed by atoms with Crippen molar-refractivity contribution >= 4 is 11.4 Å². The molecular weight excluding hydrogens is 203 g/mol. The Hall–Kier alpha value is -1.25. The molecule has 1 rings (SSSR count). The average Bonchev–Trinajstić information content (AvgIpc) is 2.14. The van der Waals surface area contributed by atoms with Crippen LogP contribution < -0.4 is 10.6 Å². The van der Waals surface area contributed by atoms with E-state index >= 15 is 0 Å². The van der Waals surface area contributed by atoms with Crippen LogP contribution in [0, 0.1) is 11.7 Å². The fourth-order valence-electron chi connectivity index (χ4n) is 1.74. The van der Waals surface area contributed by atoms with Gasteiger partial charge in [0.15, 0.2) is 0 Å². The predicted molar refractivity (Wildman–Crippen MR) is 68.1 cm³/mol. The predicted octanol–water partition coefficient (Wildman–Crippen LogP) is 3.28. The Morgan fingerprint density at radius 3 is 2.31 bits per heavy atom. The van der Waals surface area contributed by atoms with Crippen molar-refractivity contribution in [2.24, 2.45) is 5.92 Å². The maximum absolute atomic E-state index is 13.8. The van der Waals surface area contributed by atoms with Gasteiger partial charge in [-0.3, -0.25) is 0 Å². The minimum Gasteiger partial charge on any atom is -0.399 e. The van der Waals surface area contributed by atoms with Gasteiger partial charge >= 0.3 is 0 Å². The van der Waals surface area contributed by atoms with E-state index in [1.54, 1.807) is 12.1 Å². The standard InChI is InChI=1S/C13H21FN2/c1-9(2)8-16(10(3)4)13-6-5-11(15)7-12(13)14/h5-7,9-10H,8,15H2,1-4H3. The van der Waals surface area contributed by atoms with Gasteiger partial charge in [0.2, 0.25) is 0 Å². The topological polar surface area (TPSA) is 29.3 Å². The highest BCUT2D eigenvalue weighted by atomic mass is 19.1. The molecular formula is C13H21FN2. The molecule has 0 aromatic heterocycles. The molecule has 16 heavy (non-hydrogen) atoms. The third-order valence-electron chi connectivity index (χ3n) is 2.47. The van der Waals surface area contributed by atoms with Crippen LogP contribution in [-0.2, 0) is 0 Å². The number of anilines is 2. The number of hydrogen-bond donors (Lipinski definition) is 1. The summed E-state index contributed by atoms with van der Waals surface area (Å²) in [6, 6.07) is 5.16. The van der Waals surface area contributed by atoms with E-state index in [9.17, 15) is 4.39 Å². The zero-order valence-electron chi connectivity index (χ0n) is 10.5. The van der Waals surface area contributed by atoms with Crippen molar-refractivity contribution in [3.63, 3.8) is 0 Å². The van der Waals surface area contributed by atoms with E-state index in [1.165, 1.54) is 6.07 Å². The highest BCUT2D eigenvalue weighted by Gasteiger charge is 2.15. The zero-order chi connectivity index (χ0) is 12.3. The molecule has 0 spiro atoms. The first-order valence-corrected chi connectivity index (χ1v) is 5.73. The molecule has 0 amide bonds. The Kier molecular flexibility index (Phi) is 4.16. The minimum absolute atomic E-state index is 0.241. The highest BCUT2D eigenvalue weighted by molar-refractivity contribution is 5.55. The molecule has 0 aliphatic heterocycles. The van der Waals surface area contributed by atoms with E-state index in [0.717, 1.165) is 6.54 Å². The summed E-state index contributed by atoms with van der Waals surface area (Å²) in [5.41, 5.74) is 6.65. The number of rotatable bonds is 4. The number of nitrogens with zero attached hydrogens (tertiary/aromatic N) is 1. The first-order valence-electron chi connectivity index (χ1n) is 5.73. The normalized spacial score (nSPS) is 11.2. The molecule has 2 N–H and O–H groups in total. The molecule has 0 saturated carbocycles. The van der Waals surface area contributed by atoms with Gasteiger partial charge in [-0.2, -0.15) is 0 Å². The summed E-state index contributed by atoms with van der Waals surface area (Å²) >= 11 is 0. The summed E-state index contributed by atoms with van der Waals surface area (Å²) in [6.45, 7) is 9.24. The summed E-state index contributed by atoms with van der Waals surface area (Å²) < 4.78 is 13.8. The molecule has 90 valence electrons. The van der Waals surface area contributed by atoms with Gasteiger partial charge in [-0.1, -0.05) is 13.8 Å². The first-order chi connectivity index (χ1) is 7.41. The van der Waals surface area contributed by atoms with Gasteiger partial charge in [0.05, 0.1) is 5.69 Å². The number of hydrogen-bond acceptors (Lipinski definition) is 2. The van der Waals surface area contributed by atoms with E-state index in [0.29, 0.717) is 17.3 Å². The summed E-state index contributed by atoms with van der Waals surface area (Å²) in [7, 11) is 0. The molecule has 0 atom stereocenters. The Morgan fingerprint density at radius 2 is 1.88 bits per heavy atom. The molecule has 0 aliphatic rings. The van der Waals surface area contributed by atoms with Crippen molar-refractivity contribution in [2.75, 3.05) is 17.2 Å². The lowest BCUT2D eigenvalue weighted by Gasteiger charge is -2.31. The van der Waals surface area contributed by atoms with E-state index < -0.39 is 0 Å². The van der Waals surface area contributed by atoms with Crippen LogP contribution in [0.1, 0.15) is 27.7 Å². The maximum atomic E-state index is 13.8. The van der Waals surface area contributed by atoms with Crippen molar-refractivity contribution in [2.45, 2.75) is 33.7 Å². The fourth-order valence-corrected chi connectivity index (χ4v) is 1.74. The van der Waals surface area contributed by atoms with E-state index in [1.807, 2.05) is 0 Å². The van der Waals surface area contributed by atoms with Gasteiger partial charge in [-0.05, 0) is 38.0 Å². The van der Waals surface area contributed by atoms with Crippen molar-refractivity contribution in [3.05, 3.63) is 24.0 Å². The molecule has 3 heteroatoms. The second kappa shape index (κ2) is 5.19. The lowest BCUT2D eigenvalue weighted by atomic mass is 10.1. The highest BCUT2D eigenvalue weighted by Crippen LogP contribution is 2.24. The van der Waals surface area contributed by atoms with Crippen LogP contribution in [0.25, 0.3) is 0 Å². The quantitative estimate of drug-likeness (QED) is 0.795. The number of nitrogens with two attached hydrogens (primary N) is 1. The zero-order valence-corrected chi connectivity index (χ0v) is 10.5. The van der Waals surface area contributed by atoms with E-state index in [-0.39, 0.29) is 11.9 Å². The van der Waals surface area contributed by atoms with Crippen LogP contribution >= 0.6 is 0 Å². The SMILES string of the molecule is CC(C)CN(c1ccc(N)cc1F)C(C)C. The van der Waals surface area contributed by atoms with Crippen LogP contribution in [0.15, 0.2) is 18.2 Å². The molecule has 1 aromatic rings. The smallest absolute Gasteiger partial charge is 0.148 e. The fraction of sp³-hybridized carbons (Fsp3) is 0.538. The summed E-state index contributed by atoms with van der Waals surface area (Å²) in [5.74, 6) is 0.258. The molecule has 0 unspecified atom stereocenters. The first kappa shape index (κ1) is 12.8. The Balaban J connectivity index is 3.01. The van der Waals surface area contributed by atoms with Crippen LogP contribution in [0.3, 0.4) is 0 Å². The Morgan fingerprint density at radius 1 is 1.25 bits per heavy atom. The molecule has 1 aromatic carbocycles. The summed E-state index contributed by atoms with van der Waals surface area (Å²) in [5, 5.41) is 0. The van der Waals surface area contributed by atoms with Gasteiger partial charge < -0.3 is 10.6 Å². The van der Waals surface area contributed by atoms with Gasteiger partial charge in [-0.15, -0.1) is 0 Å². The molecule has 0 heterocycles. The Labute approximate surface area is 97.3 Å². The van der Waals surface area contributed by atoms with Gasteiger partial charge in [0.25, 0.3) is 0 Å². The second-order valence-corrected chi connectivity index (χ2v) is 4.85. The van der Waals surface area contributed by atoms with Crippen molar-refractivity contribution in [3.8, 4) is 0 Å². The lowest BCUT2D eigenvalue weighted by Crippen LogP contribution is -2.34. The van der Waals surface area contributed by atoms with Gasteiger partial charge in [0, 0.05) is 18.3 Å². The average molecular weight is 224 g/mol.